The summed E-state index contributed by atoms with van der Waals surface area (Å²) in [7, 11) is 1.39. The molecule has 0 saturated carbocycles. The molecule has 6 nitrogen and oxygen atoms in total. The third kappa shape index (κ3) is 6.15. The molecule has 0 aliphatic rings. The minimum atomic E-state index is -0.709. The van der Waals surface area contributed by atoms with Gasteiger partial charge in [-0.3, -0.25) is 9.59 Å². The third-order valence-corrected chi connectivity index (χ3v) is 6.63. The van der Waals surface area contributed by atoms with Crippen LogP contribution in [0.4, 0.5) is 0 Å². The van der Waals surface area contributed by atoms with Crippen molar-refractivity contribution < 1.29 is 24.2 Å². The average molecular weight is 498 g/mol. The van der Waals surface area contributed by atoms with E-state index in [2.05, 4.69) is 35.3 Å². The molecule has 37 heavy (non-hydrogen) atoms. The molecule has 1 aromatic heterocycles. The summed E-state index contributed by atoms with van der Waals surface area (Å²) in [5.41, 5.74) is 2.11. The van der Waals surface area contributed by atoms with Gasteiger partial charge in [-0.2, -0.15) is 0 Å². The second kappa shape index (κ2) is 11.7. The van der Waals surface area contributed by atoms with Gasteiger partial charge >= 0.3 is 5.97 Å². The minimum Gasteiger partial charge on any atom is -0.503 e. The number of pyridine rings is 1. The van der Waals surface area contributed by atoms with Crippen LogP contribution in [0.5, 0.6) is 11.5 Å². The molecule has 0 fully saturated rings. The van der Waals surface area contributed by atoms with Crippen LogP contribution < -0.4 is 4.74 Å². The van der Waals surface area contributed by atoms with Crippen molar-refractivity contribution in [2.75, 3.05) is 7.11 Å². The number of nitrogens with zero attached hydrogens (tertiary/aromatic N) is 1. The van der Waals surface area contributed by atoms with Gasteiger partial charge in [0, 0.05) is 24.6 Å². The number of benzene rings is 3. The summed E-state index contributed by atoms with van der Waals surface area (Å²) in [5, 5.41) is 12.6. The van der Waals surface area contributed by atoms with E-state index in [4.69, 9.17) is 9.47 Å². The first-order valence-corrected chi connectivity index (χ1v) is 12.4. The van der Waals surface area contributed by atoms with Crippen LogP contribution in [0, 0.1) is 5.92 Å². The quantitative estimate of drug-likeness (QED) is 0.210. The highest BCUT2D eigenvalue weighted by Crippen LogP contribution is 2.31. The molecule has 0 aliphatic carbocycles. The Balaban J connectivity index is 1.48. The third-order valence-electron chi connectivity index (χ3n) is 6.63. The number of fused-ring (bicyclic) bond motifs is 1. The molecule has 6 heteroatoms. The second-order valence-corrected chi connectivity index (χ2v) is 9.28. The maximum atomic E-state index is 13.0. The summed E-state index contributed by atoms with van der Waals surface area (Å²) in [6, 6.07) is 26.1. The first-order chi connectivity index (χ1) is 17.9. The molecule has 0 aliphatic heterocycles. The molecule has 4 aromatic rings. The molecule has 3 aromatic carbocycles. The lowest BCUT2D eigenvalue weighted by Gasteiger charge is -2.26. The lowest BCUT2D eigenvalue weighted by molar-refractivity contribution is -0.153. The van der Waals surface area contributed by atoms with Crippen molar-refractivity contribution in [3.8, 4) is 11.5 Å². The maximum Gasteiger partial charge on any atom is 0.309 e. The van der Waals surface area contributed by atoms with E-state index in [1.54, 1.807) is 6.92 Å². The summed E-state index contributed by atoms with van der Waals surface area (Å²) >= 11 is 0. The zero-order valence-corrected chi connectivity index (χ0v) is 21.3. The molecular weight excluding hydrogens is 466 g/mol. The summed E-state index contributed by atoms with van der Waals surface area (Å²) in [6.45, 7) is 3.53. The Hall–Kier alpha value is -4.19. The second-order valence-electron chi connectivity index (χ2n) is 9.28. The van der Waals surface area contributed by atoms with Crippen LogP contribution in [-0.4, -0.2) is 35.1 Å². The number of aromatic hydroxyl groups is 1. The van der Waals surface area contributed by atoms with Gasteiger partial charge in [-0.05, 0) is 35.2 Å². The number of hydrogen-bond acceptors (Lipinski definition) is 6. The molecule has 190 valence electrons. The maximum absolute atomic E-state index is 13.0. The van der Waals surface area contributed by atoms with E-state index in [0.29, 0.717) is 6.42 Å². The van der Waals surface area contributed by atoms with Gasteiger partial charge in [-0.25, -0.2) is 4.98 Å². The van der Waals surface area contributed by atoms with Crippen LogP contribution in [0.25, 0.3) is 10.8 Å². The number of ether oxygens (including phenoxy) is 2. The van der Waals surface area contributed by atoms with Gasteiger partial charge in [0.05, 0.1) is 13.0 Å². The van der Waals surface area contributed by atoms with Gasteiger partial charge in [0.1, 0.15) is 6.10 Å². The molecule has 0 bridgehead atoms. The van der Waals surface area contributed by atoms with E-state index < -0.39 is 23.8 Å². The molecule has 0 amide bonds. The van der Waals surface area contributed by atoms with Crippen molar-refractivity contribution >= 4 is 22.5 Å². The molecule has 0 spiro atoms. The Labute approximate surface area is 216 Å². The lowest BCUT2D eigenvalue weighted by Crippen LogP contribution is -2.28. The van der Waals surface area contributed by atoms with Gasteiger partial charge in [0.25, 0.3) is 0 Å². The number of rotatable bonds is 10. The summed E-state index contributed by atoms with van der Waals surface area (Å²) < 4.78 is 10.9. The SMILES string of the molecule is COc1ccnc(C(=O)C[C@@H](C)C(=O)O[C@@H](C)[C@H](Cc2ccc3ccccc3c2)c2ccccc2)c1O. The highest BCUT2D eigenvalue weighted by molar-refractivity contribution is 5.99. The van der Waals surface area contributed by atoms with Crippen molar-refractivity contribution in [2.24, 2.45) is 5.92 Å². The van der Waals surface area contributed by atoms with Crippen LogP contribution >= 0.6 is 0 Å². The Morgan fingerprint density at radius 3 is 2.35 bits per heavy atom. The first-order valence-electron chi connectivity index (χ1n) is 12.4. The minimum absolute atomic E-state index is 0.0710. The zero-order valence-electron chi connectivity index (χ0n) is 21.3. The van der Waals surface area contributed by atoms with E-state index in [1.807, 2.05) is 49.4 Å². The predicted octanol–water partition coefficient (Wildman–Crippen LogP) is 6.12. The van der Waals surface area contributed by atoms with Gasteiger partial charge in [-0.1, -0.05) is 79.7 Å². The number of aromatic nitrogens is 1. The van der Waals surface area contributed by atoms with Crippen molar-refractivity contribution in [3.63, 3.8) is 0 Å². The molecule has 1 heterocycles. The van der Waals surface area contributed by atoms with Crippen LogP contribution in [0.3, 0.4) is 0 Å². The number of esters is 1. The van der Waals surface area contributed by atoms with E-state index in [0.717, 1.165) is 16.5 Å². The Bertz CT molecular complexity index is 1390. The molecule has 3 atom stereocenters. The van der Waals surface area contributed by atoms with Gasteiger partial charge in [0.15, 0.2) is 23.0 Å². The molecule has 0 unspecified atom stereocenters. The Morgan fingerprint density at radius 2 is 1.62 bits per heavy atom. The van der Waals surface area contributed by atoms with Crippen molar-refractivity contribution in [1.82, 2.24) is 4.98 Å². The summed E-state index contributed by atoms with van der Waals surface area (Å²) in [5.74, 6) is -1.88. The topological polar surface area (TPSA) is 85.7 Å². The predicted molar refractivity (Wildman–Crippen MR) is 143 cm³/mol. The summed E-state index contributed by atoms with van der Waals surface area (Å²) in [4.78, 5) is 29.7. The summed E-state index contributed by atoms with van der Waals surface area (Å²) in [6.07, 6.45) is 1.51. The van der Waals surface area contributed by atoms with Crippen LogP contribution in [0.15, 0.2) is 85.1 Å². The van der Waals surface area contributed by atoms with Crippen molar-refractivity contribution in [3.05, 3.63) is 102 Å². The fourth-order valence-electron chi connectivity index (χ4n) is 4.52. The van der Waals surface area contributed by atoms with E-state index >= 15 is 0 Å². The van der Waals surface area contributed by atoms with Crippen LogP contribution in [-0.2, 0) is 16.0 Å². The highest BCUT2D eigenvalue weighted by atomic mass is 16.5. The standard InChI is InChI=1S/C31H31NO5/c1-20(17-27(33)29-30(34)28(36-3)15-16-32-29)31(35)37-21(2)26(24-10-5-4-6-11-24)19-22-13-14-23-9-7-8-12-25(23)18-22/h4-16,18,20-21,26,34H,17,19H2,1-3H3/t20-,21+,26+/m1/s1. The first kappa shape index (κ1) is 25.9. The van der Waals surface area contributed by atoms with Crippen LogP contribution in [0.1, 0.15) is 47.8 Å². The average Bonchev–Trinajstić information content (AvgIpc) is 2.92. The molecule has 1 N–H and O–H groups in total. The van der Waals surface area contributed by atoms with Crippen LogP contribution in [0.2, 0.25) is 0 Å². The largest absolute Gasteiger partial charge is 0.503 e. The van der Waals surface area contributed by atoms with E-state index in [-0.39, 0.29) is 29.5 Å². The van der Waals surface area contributed by atoms with Gasteiger partial charge < -0.3 is 14.6 Å². The smallest absolute Gasteiger partial charge is 0.309 e. The zero-order chi connectivity index (χ0) is 26.4. The normalized spacial score (nSPS) is 13.5. The van der Waals surface area contributed by atoms with Crippen molar-refractivity contribution in [2.45, 2.75) is 38.7 Å². The Morgan fingerprint density at radius 1 is 0.919 bits per heavy atom. The fourth-order valence-corrected chi connectivity index (χ4v) is 4.52. The number of methoxy groups -OCH3 is 1. The molecular formula is C31H31NO5. The van der Waals surface area contributed by atoms with Crippen molar-refractivity contribution in [1.29, 1.82) is 0 Å². The number of Topliss-reactive ketones (excluding diaryl/α,β-unsaturated/α-hetero) is 1. The Kier molecular flexibility index (Phi) is 8.18. The number of hydrogen-bond donors (Lipinski definition) is 1. The number of ketones is 1. The van der Waals surface area contributed by atoms with E-state index in [1.165, 1.54) is 24.8 Å². The highest BCUT2D eigenvalue weighted by Gasteiger charge is 2.28. The number of carbonyl (C=O) groups is 2. The lowest BCUT2D eigenvalue weighted by atomic mass is 9.87. The number of carbonyl (C=O) groups excluding carboxylic acids is 2. The van der Waals surface area contributed by atoms with Gasteiger partial charge in [0.2, 0.25) is 0 Å². The molecule has 0 radical (unpaired) electrons. The molecule has 4 rings (SSSR count). The monoisotopic (exact) mass is 497 g/mol. The fraction of sp³-hybridized carbons (Fsp3) is 0.258. The van der Waals surface area contributed by atoms with E-state index in [9.17, 15) is 14.7 Å². The molecule has 0 saturated heterocycles. The van der Waals surface area contributed by atoms with Gasteiger partial charge in [-0.15, -0.1) is 0 Å².